The molecule has 0 aromatic rings. The molecule has 1 aliphatic carbocycles. The van der Waals surface area contributed by atoms with Crippen LogP contribution in [-0.2, 0) is 19.1 Å². The van der Waals surface area contributed by atoms with Gasteiger partial charge >= 0.3 is 5.97 Å². The maximum absolute atomic E-state index is 12.5. The van der Waals surface area contributed by atoms with E-state index in [2.05, 4.69) is 10.8 Å². The fourth-order valence-corrected chi connectivity index (χ4v) is 4.22. The fourth-order valence-electron chi connectivity index (χ4n) is 4.22. The van der Waals surface area contributed by atoms with Crippen LogP contribution >= 0.6 is 0 Å². The molecule has 0 spiro atoms. The third-order valence-electron chi connectivity index (χ3n) is 5.69. The lowest BCUT2D eigenvalue weighted by Gasteiger charge is -2.23. The smallest absolute Gasteiger partial charge is 0.307 e. The van der Waals surface area contributed by atoms with Crippen molar-refractivity contribution in [1.82, 2.24) is 10.8 Å². The molecule has 0 aromatic heterocycles. The Hall–Kier alpha value is -1.18. The molecule has 1 saturated carbocycles. The summed E-state index contributed by atoms with van der Waals surface area (Å²) in [6.07, 6.45) is 11.2. The Morgan fingerprint density at radius 3 is 2.73 bits per heavy atom. The van der Waals surface area contributed by atoms with Gasteiger partial charge in [0.2, 0.25) is 5.90 Å². The molecule has 1 fully saturated rings. The molecule has 1 heterocycles. The van der Waals surface area contributed by atoms with Crippen LogP contribution in [0.25, 0.3) is 0 Å². The average Bonchev–Trinajstić information content (AvgIpc) is 3.15. The summed E-state index contributed by atoms with van der Waals surface area (Å²) in [6, 6.07) is 0. The van der Waals surface area contributed by atoms with E-state index >= 15 is 0 Å². The summed E-state index contributed by atoms with van der Waals surface area (Å²) < 4.78 is 10.6. The van der Waals surface area contributed by atoms with Crippen LogP contribution in [0.1, 0.15) is 85.0 Å². The zero-order valence-corrected chi connectivity index (χ0v) is 19.5. The number of carbonyl (C=O) groups is 1. The minimum Gasteiger partial charge on any atom is -0.460 e. The first-order chi connectivity index (χ1) is 14.4. The number of carbonyl (C=O) groups excluding carboxylic acids is 1. The molecule has 0 radical (unpaired) electrons. The van der Waals surface area contributed by atoms with Gasteiger partial charge in [-0.05, 0) is 46.1 Å². The fraction of sp³-hybridized carbons (Fsp3) is 0.913. The van der Waals surface area contributed by atoms with Crippen molar-refractivity contribution >= 4 is 11.9 Å². The van der Waals surface area contributed by atoms with Gasteiger partial charge in [-0.1, -0.05) is 44.9 Å². The van der Waals surface area contributed by atoms with E-state index in [-0.39, 0.29) is 18.1 Å². The normalized spacial score (nSPS) is 21.2. The van der Waals surface area contributed by atoms with Gasteiger partial charge in [-0.25, -0.2) is 4.99 Å². The largest absolute Gasteiger partial charge is 0.460 e. The third kappa shape index (κ3) is 10.2. The van der Waals surface area contributed by atoms with E-state index in [0.29, 0.717) is 18.9 Å². The zero-order valence-electron chi connectivity index (χ0n) is 19.5. The molecule has 1 aliphatic heterocycles. The second-order valence-corrected chi connectivity index (χ2v) is 9.68. The van der Waals surface area contributed by atoms with Gasteiger partial charge in [-0.2, -0.15) is 0 Å². The molecular weight excluding hydrogens is 382 g/mol. The average molecular weight is 426 g/mol. The monoisotopic (exact) mass is 425 g/mol. The summed E-state index contributed by atoms with van der Waals surface area (Å²) in [4.78, 5) is 22.9. The molecule has 0 bridgehead atoms. The highest BCUT2D eigenvalue weighted by atomic mass is 16.7. The van der Waals surface area contributed by atoms with Gasteiger partial charge in [0.15, 0.2) is 0 Å². The van der Waals surface area contributed by atoms with Crippen molar-refractivity contribution in [3.8, 4) is 0 Å². The van der Waals surface area contributed by atoms with Crippen LogP contribution in [0, 0.1) is 11.8 Å². The lowest BCUT2D eigenvalue weighted by atomic mass is 9.84. The van der Waals surface area contributed by atoms with Gasteiger partial charge in [0, 0.05) is 26.2 Å². The van der Waals surface area contributed by atoms with Crippen molar-refractivity contribution in [3.05, 3.63) is 0 Å². The number of ether oxygens (including phenoxy) is 2. The van der Waals surface area contributed by atoms with Crippen LogP contribution in [-0.4, -0.2) is 50.4 Å². The predicted octanol–water partition coefficient (Wildman–Crippen LogP) is 3.97. The number of nitrogens with one attached hydrogen (secondary N) is 2. The van der Waals surface area contributed by atoms with Crippen LogP contribution in [0.15, 0.2) is 4.99 Å². The van der Waals surface area contributed by atoms with Gasteiger partial charge in [-0.3, -0.25) is 4.79 Å². The molecule has 0 amide bonds. The molecule has 0 saturated heterocycles. The SMILES string of the molecule is COCCCNCC1N=C([C@H](CCCC2CCCCC2)CC(=O)OC(C)(C)C)ON1. The number of rotatable bonds is 13. The molecule has 7 nitrogen and oxygen atoms in total. The van der Waals surface area contributed by atoms with E-state index in [1.165, 1.54) is 38.5 Å². The summed E-state index contributed by atoms with van der Waals surface area (Å²) in [5.41, 5.74) is 2.51. The first-order valence-corrected chi connectivity index (χ1v) is 11.8. The Labute approximate surface area is 182 Å². The van der Waals surface area contributed by atoms with E-state index in [9.17, 15) is 4.79 Å². The molecule has 7 heteroatoms. The molecule has 2 rings (SSSR count). The molecule has 1 unspecified atom stereocenters. The van der Waals surface area contributed by atoms with Crippen molar-refractivity contribution in [1.29, 1.82) is 0 Å². The van der Waals surface area contributed by atoms with Crippen LogP contribution in [0.3, 0.4) is 0 Å². The Bertz CT molecular complexity index is 527. The highest BCUT2D eigenvalue weighted by molar-refractivity contribution is 5.84. The Kier molecular flexibility index (Phi) is 11.1. The maximum atomic E-state index is 12.5. The number of hydrogen-bond donors (Lipinski definition) is 2. The highest BCUT2D eigenvalue weighted by Gasteiger charge is 2.30. The quantitative estimate of drug-likeness (QED) is 0.343. The molecule has 30 heavy (non-hydrogen) atoms. The predicted molar refractivity (Wildman–Crippen MR) is 119 cm³/mol. The van der Waals surface area contributed by atoms with Crippen molar-refractivity contribution in [2.75, 3.05) is 26.8 Å². The van der Waals surface area contributed by atoms with E-state index in [1.807, 2.05) is 20.8 Å². The van der Waals surface area contributed by atoms with Gasteiger partial charge in [-0.15, -0.1) is 5.48 Å². The van der Waals surface area contributed by atoms with Crippen molar-refractivity contribution < 1.29 is 19.1 Å². The Morgan fingerprint density at radius 2 is 2.03 bits per heavy atom. The number of nitrogens with zero attached hydrogens (tertiary/aromatic N) is 1. The van der Waals surface area contributed by atoms with Crippen LogP contribution in [0.2, 0.25) is 0 Å². The highest BCUT2D eigenvalue weighted by Crippen LogP contribution is 2.29. The summed E-state index contributed by atoms with van der Waals surface area (Å²) in [5, 5.41) is 3.36. The molecule has 174 valence electrons. The third-order valence-corrected chi connectivity index (χ3v) is 5.69. The molecule has 2 aliphatic rings. The van der Waals surface area contributed by atoms with E-state index in [0.717, 1.165) is 38.3 Å². The van der Waals surface area contributed by atoms with Crippen molar-refractivity contribution in [3.63, 3.8) is 0 Å². The molecule has 2 N–H and O–H groups in total. The molecule has 2 atom stereocenters. The van der Waals surface area contributed by atoms with Crippen LogP contribution < -0.4 is 10.8 Å². The topological polar surface area (TPSA) is 81.2 Å². The molecular formula is C23H43N3O4. The van der Waals surface area contributed by atoms with Crippen LogP contribution in [0.4, 0.5) is 0 Å². The van der Waals surface area contributed by atoms with E-state index in [4.69, 9.17) is 19.3 Å². The number of hydrogen-bond acceptors (Lipinski definition) is 7. The Morgan fingerprint density at radius 1 is 1.27 bits per heavy atom. The number of aliphatic imine (C=N–C) groups is 1. The van der Waals surface area contributed by atoms with Gasteiger partial charge < -0.3 is 19.6 Å². The summed E-state index contributed by atoms with van der Waals surface area (Å²) >= 11 is 0. The minimum atomic E-state index is -0.477. The Balaban J connectivity index is 1.85. The number of hydroxylamine groups is 1. The number of methoxy groups -OCH3 is 1. The van der Waals surface area contributed by atoms with Crippen molar-refractivity contribution in [2.45, 2.75) is 96.7 Å². The van der Waals surface area contributed by atoms with E-state index < -0.39 is 5.60 Å². The number of esters is 1. The second-order valence-electron chi connectivity index (χ2n) is 9.68. The second kappa shape index (κ2) is 13.3. The van der Waals surface area contributed by atoms with Crippen LogP contribution in [0.5, 0.6) is 0 Å². The van der Waals surface area contributed by atoms with Crippen molar-refractivity contribution in [2.24, 2.45) is 16.8 Å². The standard InChI is InChI=1S/C23H43N3O4/c1-23(2,3)29-21(27)16-19(13-8-12-18-10-6-5-7-11-18)22-25-20(26-30-22)17-24-14-9-15-28-4/h18-20,24,26H,5-17H2,1-4H3/t19-,20?/m1/s1. The lowest BCUT2D eigenvalue weighted by molar-refractivity contribution is -0.155. The summed E-state index contributed by atoms with van der Waals surface area (Å²) in [5.74, 6) is 1.27. The minimum absolute atomic E-state index is 0.0329. The zero-order chi connectivity index (χ0) is 21.8. The molecule has 0 aromatic carbocycles. The first-order valence-electron chi connectivity index (χ1n) is 11.8. The van der Waals surface area contributed by atoms with Gasteiger partial charge in [0.05, 0.1) is 6.42 Å². The maximum Gasteiger partial charge on any atom is 0.307 e. The van der Waals surface area contributed by atoms with Gasteiger partial charge in [0.25, 0.3) is 0 Å². The summed E-state index contributed by atoms with van der Waals surface area (Å²) in [6.45, 7) is 8.02. The van der Waals surface area contributed by atoms with E-state index in [1.54, 1.807) is 7.11 Å². The summed E-state index contributed by atoms with van der Waals surface area (Å²) in [7, 11) is 1.71. The lowest BCUT2D eigenvalue weighted by Crippen LogP contribution is -2.34. The van der Waals surface area contributed by atoms with Gasteiger partial charge in [0.1, 0.15) is 11.8 Å². The first kappa shape index (κ1) is 25.1.